The van der Waals surface area contributed by atoms with Crippen molar-refractivity contribution in [3.8, 4) is 0 Å². The second-order valence-electron chi connectivity index (χ2n) is 4.63. The van der Waals surface area contributed by atoms with Crippen LogP contribution in [0.25, 0.3) is 0 Å². The van der Waals surface area contributed by atoms with Crippen LogP contribution >= 0.6 is 11.8 Å². The van der Waals surface area contributed by atoms with Gasteiger partial charge in [0.05, 0.1) is 12.0 Å². The maximum Gasteiger partial charge on any atom is 0.315 e. The van der Waals surface area contributed by atoms with Gasteiger partial charge in [-0.2, -0.15) is 11.8 Å². The highest BCUT2D eigenvalue weighted by atomic mass is 32.2. The van der Waals surface area contributed by atoms with Crippen LogP contribution in [0.2, 0.25) is 0 Å². The summed E-state index contributed by atoms with van der Waals surface area (Å²) in [6, 6.07) is -0.386. The highest BCUT2D eigenvalue weighted by molar-refractivity contribution is 7.98. The lowest BCUT2D eigenvalue weighted by Crippen LogP contribution is -2.41. The Balaban J connectivity index is 2.06. The van der Waals surface area contributed by atoms with E-state index in [1.807, 2.05) is 11.8 Å². The Bertz CT molecular complexity index is 334. The number of thioether (sulfide) groups is 1. The first-order valence-corrected chi connectivity index (χ1v) is 7.97. The number of nitrogens with one attached hydrogen (secondary N) is 2. The number of urea groups is 1. The number of carboxylic acid groups (broad SMARTS) is 1. The molecule has 1 rings (SSSR count). The number of amides is 2. The Morgan fingerprint density at radius 3 is 2.74 bits per heavy atom. The Labute approximate surface area is 118 Å². The molecule has 6 heteroatoms. The van der Waals surface area contributed by atoms with E-state index in [1.54, 1.807) is 12.2 Å². The zero-order chi connectivity index (χ0) is 14.1. The molecule has 2 amide bonds. The van der Waals surface area contributed by atoms with E-state index in [2.05, 4.69) is 16.9 Å². The zero-order valence-corrected chi connectivity index (χ0v) is 12.0. The van der Waals surface area contributed by atoms with Crippen molar-refractivity contribution >= 4 is 23.8 Å². The number of carbonyl (C=O) groups is 2. The largest absolute Gasteiger partial charge is 0.481 e. The third-order valence-electron chi connectivity index (χ3n) is 3.03. The van der Waals surface area contributed by atoms with E-state index in [0.29, 0.717) is 13.0 Å². The van der Waals surface area contributed by atoms with Crippen LogP contribution in [0.1, 0.15) is 25.7 Å². The molecule has 0 fully saturated rings. The molecule has 0 heterocycles. The lowest BCUT2D eigenvalue weighted by Gasteiger charge is -2.13. The maximum absolute atomic E-state index is 11.6. The molecule has 0 aliphatic heterocycles. The summed E-state index contributed by atoms with van der Waals surface area (Å²) < 4.78 is 0. The number of hydrogen-bond acceptors (Lipinski definition) is 3. The van der Waals surface area contributed by atoms with Gasteiger partial charge in [0.25, 0.3) is 0 Å². The fourth-order valence-corrected chi connectivity index (χ4v) is 2.45. The first kappa shape index (κ1) is 15.9. The number of carboxylic acids is 1. The fourth-order valence-electron chi connectivity index (χ4n) is 1.96. The summed E-state index contributed by atoms with van der Waals surface area (Å²) in [5.41, 5.74) is 0. The Morgan fingerprint density at radius 2 is 2.11 bits per heavy atom. The number of carbonyl (C=O) groups excluding carboxylic acids is 1. The van der Waals surface area contributed by atoms with Crippen LogP contribution in [-0.2, 0) is 4.79 Å². The van der Waals surface area contributed by atoms with Gasteiger partial charge < -0.3 is 15.7 Å². The van der Waals surface area contributed by atoms with Crippen LogP contribution in [0.4, 0.5) is 4.79 Å². The Kier molecular flexibility index (Phi) is 7.40. The van der Waals surface area contributed by atoms with Gasteiger partial charge in [-0.25, -0.2) is 4.79 Å². The smallest absolute Gasteiger partial charge is 0.315 e. The molecule has 0 bridgehead atoms. The summed E-state index contributed by atoms with van der Waals surface area (Å²) in [5.74, 6) is -0.151. The van der Waals surface area contributed by atoms with Crippen LogP contribution in [-0.4, -0.2) is 41.7 Å². The van der Waals surface area contributed by atoms with Gasteiger partial charge in [-0.05, 0) is 31.3 Å². The van der Waals surface area contributed by atoms with E-state index in [4.69, 9.17) is 5.11 Å². The SMILES string of the molecule is CSCCCCCNC(=O)NC1C=CC(C(=O)O)C1. The van der Waals surface area contributed by atoms with Crippen LogP contribution in [0.5, 0.6) is 0 Å². The highest BCUT2D eigenvalue weighted by Crippen LogP contribution is 2.17. The average Bonchev–Trinajstić information content (AvgIpc) is 2.82. The van der Waals surface area contributed by atoms with E-state index < -0.39 is 11.9 Å². The molecule has 0 aromatic carbocycles. The molecule has 0 saturated heterocycles. The predicted octanol–water partition coefficient (Wildman–Crippen LogP) is 1.85. The third kappa shape index (κ3) is 6.52. The number of hydrogen-bond donors (Lipinski definition) is 3. The van der Waals surface area contributed by atoms with Crippen molar-refractivity contribution in [3.05, 3.63) is 12.2 Å². The molecular formula is C13H22N2O3S. The zero-order valence-electron chi connectivity index (χ0n) is 11.2. The van der Waals surface area contributed by atoms with Crippen LogP contribution in [0.3, 0.4) is 0 Å². The van der Waals surface area contributed by atoms with Gasteiger partial charge in [0.1, 0.15) is 0 Å². The normalized spacial score (nSPS) is 21.3. The third-order valence-corrected chi connectivity index (χ3v) is 3.73. The van der Waals surface area contributed by atoms with E-state index in [0.717, 1.165) is 18.6 Å². The van der Waals surface area contributed by atoms with Crippen molar-refractivity contribution < 1.29 is 14.7 Å². The predicted molar refractivity (Wildman–Crippen MR) is 77.4 cm³/mol. The minimum atomic E-state index is -0.838. The highest BCUT2D eigenvalue weighted by Gasteiger charge is 2.25. The molecule has 0 spiro atoms. The van der Waals surface area contributed by atoms with Gasteiger partial charge in [0.2, 0.25) is 0 Å². The van der Waals surface area contributed by atoms with Crippen LogP contribution < -0.4 is 10.6 Å². The molecular weight excluding hydrogens is 264 g/mol. The first-order valence-electron chi connectivity index (χ1n) is 6.58. The van der Waals surface area contributed by atoms with Crippen molar-refractivity contribution in [2.45, 2.75) is 31.7 Å². The number of rotatable bonds is 8. The summed E-state index contributed by atoms with van der Waals surface area (Å²) in [6.07, 6.45) is 9.18. The van der Waals surface area contributed by atoms with Crippen LogP contribution in [0.15, 0.2) is 12.2 Å². The van der Waals surface area contributed by atoms with E-state index in [-0.39, 0.29) is 12.1 Å². The lowest BCUT2D eigenvalue weighted by atomic mass is 10.1. The molecule has 1 aliphatic rings. The second kappa shape index (κ2) is 8.85. The van der Waals surface area contributed by atoms with Gasteiger partial charge in [0.15, 0.2) is 0 Å². The minimum Gasteiger partial charge on any atom is -0.481 e. The standard InChI is InChI=1S/C13H22N2O3S/c1-19-8-4-2-3-7-14-13(18)15-11-6-5-10(9-11)12(16)17/h5-6,10-11H,2-4,7-9H2,1H3,(H,16,17)(H2,14,15,18). The summed E-state index contributed by atoms with van der Waals surface area (Å²) in [6.45, 7) is 0.666. The molecule has 2 unspecified atom stereocenters. The summed E-state index contributed by atoms with van der Waals surface area (Å²) >= 11 is 1.83. The molecule has 108 valence electrons. The monoisotopic (exact) mass is 286 g/mol. The molecule has 5 nitrogen and oxygen atoms in total. The summed E-state index contributed by atoms with van der Waals surface area (Å²) in [5, 5.41) is 14.4. The van der Waals surface area contributed by atoms with Gasteiger partial charge in [-0.15, -0.1) is 0 Å². The fraction of sp³-hybridized carbons (Fsp3) is 0.692. The number of unbranched alkanes of at least 4 members (excludes halogenated alkanes) is 2. The topological polar surface area (TPSA) is 78.4 Å². The minimum absolute atomic E-state index is 0.169. The molecule has 19 heavy (non-hydrogen) atoms. The van der Waals surface area contributed by atoms with Gasteiger partial charge in [0, 0.05) is 6.54 Å². The summed E-state index contributed by atoms with van der Waals surface area (Å²) in [7, 11) is 0. The molecule has 0 radical (unpaired) electrons. The number of aliphatic carboxylic acids is 1. The van der Waals surface area contributed by atoms with Crippen molar-refractivity contribution in [3.63, 3.8) is 0 Å². The lowest BCUT2D eigenvalue weighted by molar-refractivity contribution is -0.140. The Hall–Kier alpha value is -1.17. The Morgan fingerprint density at radius 1 is 1.32 bits per heavy atom. The second-order valence-corrected chi connectivity index (χ2v) is 5.61. The molecule has 2 atom stereocenters. The maximum atomic E-state index is 11.6. The van der Waals surface area contributed by atoms with Crippen molar-refractivity contribution in [2.24, 2.45) is 5.92 Å². The van der Waals surface area contributed by atoms with E-state index in [1.165, 1.54) is 6.42 Å². The summed E-state index contributed by atoms with van der Waals surface area (Å²) in [4.78, 5) is 22.3. The van der Waals surface area contributed by atoms with Crippen LogP contribution in [0, 0.1) is 5.92 Å². The van der Waals surface area contributed by atoms with E-state index >= 15 is 0 Å². The first-order chi connectivity index (χ1) is 9.13. The molecule has 0 aromatic rings. The van der Waals surface area contributed by atoms with Crippen molar-refractivity contribution in [1.82, 2.24) is 10.6 Å². The molecule has 0 aromatic heterocycles. The molecule has 1 aliphatic carbocycles. The van der Waals surface area contributed by atoms with Gasteiger partial charge in [-0.1, -0.05) is 18.6 Å². The average molecular weight is 286 g/mol. The van der Waals surface area contributed by atoms with Crippen molar-refractivity contribution in [1.29, 1.82) is 0 Å². The van der Waals surface area contributed by atoms with Crippen molar-refractivity contribution in [2.75, 3.05) is 18.6 Å². The van der Waals surface area contributed by atoms with Gasteiger partial charge >= 0.3 is 12.0 Å². The van der Waals surface area contributed by atoms with E-state index in [9.17, 15) is 9.59 Å². The van der Waals surface area contributed by atoms with Gasteiger partial charge in [-0.3, -0.25) is 4.79 Å². The molecule has 0 saturated carbocycles. The molecule has 3 N–H and O–H groups in total. The quantitative estimate of drug-likeness (QED) is 0.470.